The van der Waals surface area contributed by atoms with E-state index in [1.807, 2.05) is 19.3 Å². The Morgan fingerprint density at radius 1 is 1.54 bits per heavy atom. The van der Waals surface area contributed by atoms with Crippen LogP contribution in [-0.2, 0) is 11.3 Å². The summed E-state index contributed by atoms with van der Waals surface area (Å²) in [5.41, 5.74) is 0. The summed E-state index contributed by atoms with van der Waals surface area (Å²) < 4.78 is 7.45. The van der Waals surface area contributed by atoms with Gasteiger partial charge in [-0.3, -0.25) is 0 Å². The quantitative estimate of drug-likeness (QED) is 0.652. The van der Waals surface area contributed by atoms with Crippen molar-refractivity contribution in [1.29, 1.82) is 0 Å². The van der Waals surface area contributed by atoms with E-state index in [0.717, 1.165) is 25.6 Å². The average molecular weight is 182 g/mol. The van der Waals surface area contributed by atoms with E-state index in [0.29, 0.717) is 5.92 Å². The number of ether oxygens (including phenoxy) is 1. The maximum atomic E-state index is 5.29. The van der Waals surface area contributed by atoms with Crippen molar-refractivity contribution in [3.63, 3.8) is 0 Å². The van der Waals surface area contributed by atoms with Crippen LogP contribution in [-0.4, -0.2) is 22.8 Å². The molecule has 0 aliphatic heterocycles. The Morgan fingerprint density at radius 2 is 2.31 bits per heavy atom. The molecule has 0 spiro atoms. The van der Waals surface area contributed by atoms with Gasteiger partial charge in [-0.15, -0.1) is 0 Å². The van der Waals surface area contributed by atoms with E-state index < -0.39 is 0 Å². The molecule has 0 aliphatic rings. The van der Waals surface area contributed by atoms with Crippen LogP contribution in [0.5, 0.6) is 0 Å². The van der Waals surface area contributed by atoms with Crippen molar-refractivity contribution in [2.75, 3.05) is 13.2 Å². The maximum Gasteiger partial charge on any atom is 0.111 e. The molecule has 3 nitrogen and oxygen atoms in total. The molecule has 0 bridgehead atoms. The molecular formula is C10H18N2O. The first-order valence-electron chi connectivity index (χ1n) is 4.84. The van der Waals surface area contributed by atoms with Crippen molar-refractivity contribution in [3.8, 4) is 0 Å². The highest BCUT2D eigenvalue weighted by Gasteiger charge is 2.05. The van der Waals surface area contributed by atoms with Gasteiger partial charge in [-0.05, 0) is 6.92 Å². The second-order valence-electron chi connectivity index (χ2n) is 3.33. The van der Waals surface area contributed by atoms with Gasteiger partial charge in [0.1, 0.15) is 5.82 Å². The molecule has 0 unspecified atom stereocenters. The first-order chi connectivity index (χ1) is 6.25. The molecule has 1 aromatic rings. The Hall–Kier alpha value is -0.830. The molecule has 0 N–H and O–H groups in total. The minimum Gasteiger partial charge on any atom is -0.380 e. The lowest BCUT2D eigenvalue weighted by molar-refractivity contribution is 0.138. The highest BCUT2D eigenvalue weighted by atomic mass is 16.5. The number of hydrogen-bond donors (Lipinski definition) is 0. The molecule has 0 saturated carbocycles. The van der Waals surface area contributed by atoms with Crippen LogP contribution in [0, 0.1) is 0 Å². The van der Waals surface area contributed by atoms with Crippen LogP contribution in [0.15, 0.2) is 12.4 Å². The Bertz CT molecular complexity index is 243. The monoisotopic (exact) mass is 182 g/mol. The molecule has 3 heteroatoms. The van der Waals surface area contributed by atoms with Crippen LogP contribution >= 0.6 is 0 Å². The molecule has 0 aliphatic carbocycles. The van der Waals surface area contributed by atoms with Crippen molar-refractivity contribution < 1.29 is 4.74 Å². The smallest absolute Gasteiger partial charge is 0.111 e. The third-order valence-corrected chi connectivity index (χ3v) is 1.94. The summed E-state index contributed by atoms with van der Waals surface area (Å²) in [6.07, 6.45) is 3.86. The SMILES string of the molecule is CCOCCn1ccnc1C(C)C. The van der Waals surface area contributed by atoms with Gasteiger partial charge in [0.25, 0.3) is 0 Å². The van der Waals surface area contributed by atoms with E-state index in [9.17, 15) is 0 Å². The van der Waals surface area contributed by atoms with Gasteiger partial charge in [0.2, 0.25) is 0 Å². The number of nitrogens with zero attached hydrogens (tertiary/aromatic N) is 2. The fourth-order valence-electron chi connectivity index (χ4n) is 1.32. The summed E-state index contributed by atoms with van der Waals surface area (Å²) in [6.45, 7) is 8.77. The minimum absolute atomic E-state index is 0.483. The molecule has 1 rings (SSSR count). The van der Waals surface area contributed by atoms with E-state index in [1.165, 1.54) is 0 Å². The van der Waals surface area contributed by atoms with Crippen molar-refractivity contribution in [2.45, 2.75) is 33.2 Å². The molecule has 0 saturated heterocycles. The van der Waals surface area contributed by atoms with Crippen molar-refractivity contribution >= 4 is 0 Å². The molecule has 0 amide bonds. The highest BCUT2D eigenvalue weighted by molar-refractivity contribution is 4.97. The zero-order valence-electron chi connectivity index (χ0n) is 8.66. The van der Waals surface area contributed by atoms with Gasteiger partial charge in [0.05, 0.1) is 6.61 Å². The zero-order valence-corrected chi connectivity index (χ0v) is 8.66. The summed E-state index contributed by atoms with van der Waals surface area (Å²) in [5.74, 6) is 1.62. The van der Waals surface area contributed by atoms with E-state index in [4.69, 9.17) is 4.74 Å². The predicted molar refractivity (Wildman–Crippen MR) is 52.8 cm³/mol. The molecule has 0 atom stereocenters. The van der Waals surface area contributed by atoms with Crippen LogP contribution in [0.1, 0.15) is 32.5 Å². The van der Waals surface area contributed by atoms with Crippen LogP contribution in [0.2, 0.25) is 0 Å². The first-order valence-corrected chi connectivity index (χ1v) is 4.84. The Kier molecular flexibility index (Phi) is 3.96. The molecule has 1 heterocycles. The van der Waals surface area contributed by atoms with Crippen LogP contribution < -0.4 is 0 Å². The molecule has 74 valence electrons. The Labute approximate surface area is 79.7 Å². The topological polar surface area (TPSA) is 27.1 Å². The predicted octanol–water partition coefficient (Wildman–Crippen LogP) is 2.04. The number of aromatic nitrogens is 2. The molecule has 0 aromatic carbocycles. The van der Waals surface area contributed by atoms with Gasteiger partial charge in [0, 0.05) is 31.5 Å². The average Bonchev–Trinajstić information content (AvgIpc) is 2.53. The van der Waals surface area contributed by atoms with Gasteiger partial charge in [-0.25, -0.2) is 4.98 Å². The van der Waals surface area contributed by atoms with E-state index in [1.54, 1.807) is 0 Å². The van der Waals surface area contributed by atoms with Gasteiger partial charge >= 0.3 is 0 Å². The normalized spacial score (nSPS) is 11.1. The van der Waals surface area contributed by atoms with Crippen molar-refractivity contribution in [2.24, 2.45) is 0 Å². The summed E-state index contributed by atoms with van der Waals surface area (Å²) in [4.78, 5) is 4.30. The third-order valence-electron chi connectivity index (χ3n) is 1.94. The van der Waals surface area contributed by atoms with E-state index in [-0.39, 0.29) is 0 Å². The lowest BCUT2D eigenvalue weighted by Crippen LogP contribution is -2.09. The summed E-state index contributed by atoms with van der Waals surface area (Å²) in [5, 5.41) is 0. The lowest BCUT2D eigenvalue weighted by atomic mass is 10.2. The van der Waals surface area contributed by atoms with Crippen molar-refractivity contribution in [1.82, 2.24) is 9.55 Å². The zero-order chi connectivity index (χ0) is 9.68. The molecule has 1 aromatic heterocycles. The van der Waals surface area contributed by atoms with Gasteiger partial charge < -0.3 is 9.30 Å². The summed E-state index contributed by atoms with van der Waals surface area (Å²) >= 11 is 0. The first kappa shape index (κ1) is 10.3. The lowest BCUT2D eigenvalue weighted by Gasteiger charge is -2.09. The molecule has 0 radical (unpaired) electrons. The minimum atomic E-state index is 0.483. The molecule has 13 heavy (non-hydrogen) atoms. The second kappa shape index (κ2) is 5.02. The van der Waals surface area contributed by atoms with Gasteiger partial charge in [0.15, 0.2) is 0 Å². The van der Waals surface area contributed by atoms with Crippen molar-refractivity contribution in [3.05, 3.63) is 18.2 Å². The number of hydrogen-bond acceptors (Lipinski definition) is 2. The van der Waals surface area contributed by atoms with Gasteiger partial charge in [-0.1, -0.05) is 13.8 Å². The highest BCUT2D eigenvalue weighted by Crippen LogP contribution is 2.11. The number of rotatable bonds is 5. The largest absolute Gasteiger partial charge is 0.380 e. The fourth-order valence-corrected chi connectivity index (χ4v) is 1.32. The Balaban J connectivity index is 2.50. The van der Waals surface area contributed by atoms with Crippen LogP contribution in [0.4, 0.5) is 0 Å². The van der Waals surface area contributed by atoms with Gasteiger partial charge in [-0.2, -0.15) is 0 Å². The summed E-state index contributed by atoms with van der Waals surface area (Å²) in [6, 6.07) is 0. The standard InChI is InChI=1S/C10H18N2O/c1-4-13-8-7-12-6-5-11-10(12)9(2)3/h5-6,9H,4,7-8H2,1-3H3. The third kappa shape index (κ3) is 2.84. The summed E-state index contributed by atoms with van der Waals surface area (Å²) in [7, 11) is 0. The van der Waals surface area contributed by atoms with E-state index in [2.05, 4.69) is 23.4 Å². The Morgan fingerprint density at radius 3 is 2.92 bits per heavy atom. The van der Waals surface area contributed by atoms with Crippen LogP contribution in [0.25, 0.3) is 0 Å². The number of imidazole rings is 1. The van der Waals surface area contributed by atoms with Crippen LogP contribution in [0.3, 0.4) is 0 Å². The van der Waals surface area contributed by atoms with E-state index >= 15 is 0 Å². The molecule has 0 fully saturated rings. The fraction of sp³-hybridized carbons (Fsp3) is 0.700. The second-order valence-corrected chi connectivity index (χ2v) is 3.33. The maximum absolute atomic E-state index is 5.29. The molecular weight excluding hydrogens is 164 g/mol.